The second-order valence-corrected chi connectivity index (χ2v) is 4.88. The molecule has 0 bridgehead atoms. The number of carboxylic acids is 1. The number of ether oxygens (including phenoxy) is 1. The second-order valence-electron chi connectivity index (χ2n) is 4.88. The van der Waals surface area contributed by atoms with Gasteiger partial charge in [0.25, 0.3) is 0 Å². The Morgan fingerprint density at radius 3 is 2.18 bits per heavy atom. The van der Waals surface area contributed by atoms with E-state index in [9.17, 15) is 9.59 Å². The summed E-state index contributed by atoms with van der Waals surface area (Å²) in [6, 6.07) is 15.6. The number of aliphatic carboxylic acids is 1. The molecule has 0 atom stereocenters. The Kier molecular flexibility index (Phi) is 3.16. The van der Waals surface area contributed by atoms with Crippen molar-refractivity contribution in [1.82, 2.24) is 5.32 Å². The maximum atomic E-state index is 11.7. The van der Waals surface area contributed by atoms with Crippen LogP contribution in [-0.4, -0.2) is 30.3 Å². The summed E-state index contributed by atoms with van der Waals surface area (Å²) < 4.78 is 19.4. The molecule has 2 aromatic carbocycles. The number of hydrogen-bond acceptors (Lipinski definition) is 3. The van der Waals surface area contributed by atoms with Gasteiger partial charge in [-0.1, -0.05) is 48.5 Å². The van der Waals surface area contributed by atoms with E-state index in [0.29, 0.717) is 0 Å². The second kappa shape index (κ2) is 5.89. The van der Waals surface area contributed by atoms with Gasteiger partial charge in [-0.25, -0.2) is 4.79 Å². The molecule has 22 heavy (non-hydrogen) atoms. The van der Waals surface area contributed by atoms with Crippen LogP contribution < -0.4 is 5.32 Å². The largest absolute Gasteiger partial charge is 0.480 e. The topological polar surface area (TPSA) is 75.6 Å². The predicted octanol–water partition coefficient (Wildman–Crippen LogP) is 2.61. The van der Waals surface area contributed by atoms with E-state index in [-0.39, 0.29) is 12.5 Å². The van der Waals surface area contributed by atoms with Crippen molar-refractivity contribution in [3.63, 3.8) is 0 Å². The van der Waals surface area contributed by atoms with E-state index in [1.54, 1.807) is 5.32 Å². The van der Waals surface area contributed by atoms with Crippen LogP contribution in [0.5, 0.6) is 0 Å². The zero-order valence-corrected chi connectivity index (χ0v) is 11.6. The number of fused-ring (bicyclic) bond motifs is 3. The first kappa shape index (κ1) is 11.8. The minimum atomic E-state index is -2.87. The first-order valence-corrected chi connectivity index (χ1v) is 6.76. The lowest BCUT2D eigenvalue weighted by atomic mass is 9.98. The molecule has 1 aliphatic carbocycles. The molecule has 5 nitrogen and oxygen atoms in total. The van der Waals surface area contributed by atoms with Crippen molar-refractivity contribution in [1.29, 1.82) is 0 Å². The number of amides is 1. The molecular weight excluding hydrogens is 282 g/mol. The highest BCUT2D eigenvalue weighted by Gasteiger charge is 2.28. The summed E-state index contributed by atoms with van der Waals surface area (Å²) in [6.07, 6.45) is -1.11. The summed E-state index contributed by atoms with van der Waals surface area (Å²) in [7, 11) is 0. The lowest BCUT2D eigenvalue weighted by Gasteiger charge is -2.14. The summed E-state index contributed by atoms with van der Waals surface area (Å²) in [5, 5.41) is 10.4. The Labute approximate surface area is 130 Å². The third-order valence-corrected chi connectivity index (χ3v) is 3.62. The molecule has 0 unspecified atom stereocenters. The standard InChI is InChI=1S/C17H15NO4/c19-16(20)9-18-17(21)22-10-15-13-7-3-1-5-11(13)12-6-2-4-8-14(12)15/h1-8,15H,9-10H2,(H,18,21)(H,19,20)/i9D2. The van der Waals surface area contributed by atoms with Crippen LogP contribution in [0.2, 0.25) is 0 Å². The van der Waals surface area contributed by atoms with Crippen molar-refractivity contribution in [3.05, 3.63) is 59.7 Å². The first-order chi connectivity index (χ1) is 11.4. The zero-order valence-electron chi connectivity index (χ0n) is 13.6. The van der Waals surface area contributed by atoms with E-state index >= 15 is 0 Å². The van der Waals surface area contributed by atoms with Gasteiger partial charge in [0, 0.05) is 5.92 Å². The molecule has 1 amide bonds. The van der Waals surface area contributed by atoms with Gasteiger partial charge < -0.3 is 15.2 Å². The SMILES string of the molecule is [2H]C([2H])(NC(=O)OCC1c2ccccc2-c2ccccc21)C(=O)O. The van der Waals surface area contributed by atoms with Crippen LogP contribution >= 0.6 is 0 Å². The molecule has 2 aromatic rings. The molecule has 0 aromatic heterocycles. The maximum absolute atomic E-state index is 11.7. The van der Waals surface area contributed by atoms with Gasteiger partial charge in [0.05, 0.1) is 2.74 Å². The molecule has 0 saturated heterocycles. The fourth-order valence-electron chi connectivity index (χ4n) is 2.74. The number of rotatable bonds is 4. The van der Waals surface area contributed by atoms with Crippen LogP contribution in [0.1, 0.15) is 19.8 Å². The number of alkyl carbamates (subject to hydrolysis) is 1. The van der Waals surface area contributed by atoms with Crippen molar-refractivity contribution in [3.8, 4) is 11.1 Å². The van der Waals surface area contributed by atoms with E-state index in [0.717, 1.165) is 22.3 Å². The fraction of sp³-hybridized carbons (Fsp3) is 0.176. The summed E-state index contributed by atoms with van der Waals surface area (Å²) in [6.45, 7) is -2.88. The number of carbonyl (C=O) groups excluding carboxylic acids is 1. The molecule has 112 valence electrons. The minimum Gasteiger partial charge on any atom is -0.480 e. The number of benzene rings is 2. The lowest BCUT2D eigenvalue weighted by molar-refractivity contribution is -0.135. The Morgan fingerprint density at radius 1 is 1.09 bits per heavy atom. The number of carbonyl (C=O) groups is 2. The van der Waals surface area contributed by atoms with Gasteiger partial charge in [-0.15, -0.1) is 0 Å². The maximum Gasteiger partial charge on any atom is 0.407 e. The van der Waals surface area contributed by atoms with Crippen molar-refractivity contribution < 1.29 is 22.2 Å². The quantitative estimate of drug-likeness (QED) is 0.910. The van der Waals surface area contributed by atoms with Crippen LogP contribution in [0.15, 0.2) is 48.5 Å². The molecule has 0 aliphatic heterocycles. The molecule has 2 N–H and O–H groups in total. The zero-order chi connectivity index (χ0) is 17.3. The van der Waals surface area contributed by atoms with Crippen LogP contribution in [0, 0.1) is 0 Å². The molecule has 0 heterocycles. The summed E-state index contributed by atoms with van der Waals surface area (Å²) in [5.41, 5.74) is 4.19. The van der Waals surface area contributed by atoms with Crippen molar-refractivity contribution in [2.75, 3.05) is 13.1 Å². The number of nitrogens with one attached hydrogen (secondary N) is 1. The average Bonchev–Trinajstić information content (AvgIpc) is 2.86. The van der Waals surface area contributed by atoms with Crippen molar-refractivity contribution in [2.45, 2.75) is 5.92 Å². The Balaban J connectivity index is 1.76. The van der Waals surface area contributed by atoms with Gasteiger partial charge in [0.1, 0.15) is 13.1 Å². The molecule has 0 fully saturated rings. The van der Waals surface area contributed by atoms with E-state index in [4.69, 9.17) is 12.6 Å². The van der Waals surface area contributed by atoms with Crippen molar-refractivity contribution in [2.24, 2.45) is 0 Å². The van der Waals surface area contributed by atoms with E-state index in [1.807, 2.05) is 48.5 Å². The smallest absolute Gasteiger partial charge is 0.407 e. The van der Waals surface area contributed by atoms with Crippen LogP contribution in [-0.2, 0) is 9.53 Å². The normalized spacial score (nSPS) is 14.4. The van der Waals surface area contributed by atoms with E-state index in [1.165, 1.54) is 0 Å². The molecule has 3 rings (SSSR count). The van der Waals surface area contributed by atoms with E-state index in [2.05, 4.69) is 0 Å². The first-order valence-electron chi connectivity index (χ1n) is 7.76. The Morgan fingerprint density at radius 2 is 1.64 bits per heavy atom. The van der Waals surface area contributed by atoms with E-state index < -0.39 is 18.6 Å². The lowest BCUT2D eigenvalue weighted by Crippen LogP contribution is -2.30. The van der Waals surface area contributed by atoms with Gasteiger partial charge in [0.2, 0.25) is 0 Å². The molecule has 1 aliphatic rings. The minimum absolute atomic E-state index is 0.00441. The van der Waals surface area contributed by atoms with Gasteiger partial charge >= 0.3 is 12.1 Å². The number of carboxylic acid groups (broad SMARTS) is 1. The van der Waals surface area contributed by atoms with Crippen LogP contribution in [0.4, 0.5) is 4.79 Å². The van der Waals surface area contributed by atoms with Gasteiger partial charge in [-0.3, -0.25) is 4.79 Å². The summed E-state index contributed by atoms with van der Waals surface area (Å²) in [4.78, 5) is 22.4. The number of hydrogen-bond donors (Lipinski definition) is 2. The third-order valence-electron chi connectivity index (χ3n) is 3.62. The Hall–Kier alpha value is -2.82. The average molecular weight is 299 g/mol. The van der Waals surface area contributed by atoms with Gasteiger partial charge in [-0.2, -0.15) is 0 Å². The molecule has 0 radical (unpaired) electrons. The van der Waals surface area contributed by atoms with Crippen LogP contribution in [0.25, 0.3) is 11.1 Å². The summed E-state index contributed by atoms with van der Waals surface area (Å²) >= 11 is 0. The fourth-order valence-corrected chi connectivity index (χ4v) is 2.74. The molecule has 0 spiro atoms. The van der Waals surface area contributed by atoms with Gasteiger partial charge in [-0.05, 0) is 22.3 Å². The van der Waals surface area contributed by atoms with Crippen LogP contribution in [0.3, 0.4) is 0 Å². The highest BCUT2D eigenvalue weighted by atomic mass is 16.5. The summed E-state index contributed by atoms with van der Waals surface area (Å²) in [5.74, 6) is -1.95. The third kappa shape index (κ3) is 2.65. The predicted molar refractivity (Wildman–Crippen MR) is 80.7 cm³/mol. The molecule has 5 heteroatoms. The highest BCUT2D eigenvalue weighted by Crippen LogP contribution is 2.44. The molecular formula is C17H15NO4. The molecule has 0 saturated carbocycles. The Bertz CT molecular complexity index is 761. The van der Waals surface area contributed by atoms with Crippen molar-refractivity contribution >= 4 is 12.1 Å². The monoisotopic (exact) mass is 299 g/mol. The van der Waals surface area contributed by atoms with Gasteiger partial charge in [0.15, 0.2) is 0 Å². The highest BCUT2D eigenvalue weighted by molar-refractivity contribution is 5.79.